The van der Waals surface area contributed by atoms with E-state index in [1.165, 1.54) is 19.1 Å². The molecule has 8 heteroatoms. The van der Waals surface area contributed by atoms with Crippen molar-refractivity contribution >= 4 is 18.0 Å². The molecule has 1 unspecified atom stereocenters. The molecule has 20 heavy (non-hydrogen) atoms. The molecule has 0 aliphatic rings. The van der Waals surface area contributed by atoms with Gasteiger partial charge in [-0.3, -0.25) is 4.79 Å². The molecule has 2 amide bonds. The van der Waals surface area contributed by atoms with Crippen LogP contribution in [0.25, 0.3) is 0 Å². The molecule has 0 aromatic rings. The topological polar surface area (TPSA) is 120 Å². The number of carboxylic acid groups (broad SMARTS) is 1. The summed E-state index contributed by atoms with van der Waals surface area (Å²) in [5.41, 5.74) is 0. The number of carboxylic acids is 1. The summed E-state index contributed by atoms with van der Waals surface area (Å²) in [4.78, 5) is 34.9. The van der Waals surface area contributed by atoms with Gasteiger partial charge in [0, 0.05) is 20.0 Å². The molecule has 0 fully saturated rings. The lowest BCUT2D eigenvalue weighted by molar-refractivity contribution is -0.142. The van der Waals surface area contributed by atoms with Gasteiger partial charge in [0.2, 0.25) is 0 Å². The van der Waals surface area contributed by atoms with E-state index in [-0.39, 0.29) is 25.3 Å². The molecule has 0 heterocycles. The number of ether oxygens (including phenoxy) is 1. The SMILES string of the molecule is COC(=O)CC[C@H](NC(=O)N(C)CC(C)C#N)C(=O)O. The first kappa shape index (κ1) is 17.7. The minimum Gasteiger partial charge on any atom is -0.480 e. The lowest BCUT2D eigenvalue weighted by Gasteiger charge is -2.22. The van der Waals surface area contributed by atoms with Crippen molar-refractivity contribution in [2.75, 3.05) is 20.7 Å². The number of hydrogen-bond acceptors (Lipinski definition) is 5. The highest BCUT2D eigenvalue weighted by molar-refractivity contribution is 5.83. The molecule has 0 aliphatic carbocycles. The molecule has 0 aromatic carbocycles. The lowest BCUT2D eigenvalue weighted by atomic mass is 10.1. The number of nitrogens with zero attached hydrogens (tertiary/aromatic N) is 2. The zero-order valence-electron chi connectivity index (χ0n) is 11.8. The summed E-state index contributed by atoms with van der Waals surface area (Å²) >= 11 is 0. The monoisotopic (exact) mass is 285 g/mol. The van der Waals surface area contributed by atoms with Crippen molar-refractivity contribution in [1.29, 1.82) is 5.26 Å². The van der Waals surface area contributed by atoms with E-state index >= 15 is 0 Å². The van der Waals surface area contributed by atoms with Crippen LogP contribution in [-0.2, 0) is 14.3 Å². The number of rotatable bonds is 7. The Morgan fingerprint density at radius 1 is 1.45 bits per heavy atom. The van der Waals surface area contributed by atoms with Crippen LogP contribution >= 0.6 is 0 Å². The van der Waals surface area contributed by atoms with E-state index in [1.807, 2.05) is 6.07 Å². The second kappa shape index (κ2) is 8.74. The number of methoxy groups -OCH3 is 1. The van der Waals surface area contributed by atoms with Gasteiger partial charge in [-0.25, -0.2) is 9.59 Å². The van der Waals surface area contributed by atoms with Crippen molar-refractivity contribution in [3.05, 3.63) is 0 Å². The molecule has 0 rings (SSSR count). The van der Waals surface area contributed by atoms with Gasteiger partial charge in [0.1, 0.15) is 6.04 Å². The van der Waals surface area contributed by atoms with E-state index < -0.39 is 24.0 Å². The van der Waals surface area contributed by atoms with Gasteiger partial charge in [0.25, 0.3) is 0 Å². The highest BCUT2D eigenvalue weighted by atomic mass is 16.5. The maximum Gasteiger partial charge on any atom is 0.326 e. The van der Waals surface area contributed by atoms with E-state index in [1.54, 1.807) is 6.92 Å². The number of esters is 1. The number of amides is 2. The van der Waals surface area contributed by atoms with Crippen molar-refractivity contribution in [3.63, 3.8) is 0 Å². The van der Waals surface area contributed by atoms with Gasteiger partial charge >= 0.3 is 18.0 Å². The van der Waals surface area contributed by atoms with Crippen LogP contribution in [0.15, 0.2) is 0 Å². The zero-order chi connectivity index (χ0) is 15.7. The molecular formula is C12H19N3O5. The molecular weight excluding hydrogens is 266 g/mol. The van der Waals surface area contributed by atoms with Gasteiger partial charge in [0.15, 0.2) is 0 Å². The Labute approximate surface area is 117 Å². The molecule has 0 saturated carbocycles. The van der Waals surface area contributed by atoms with E-state index in [0.29, 0.717) is 0 Å². The summed E-state index contributed by atoms with van der Waals surface area (Å²) in [5.74, 6) is -2.13. The summed E-state index contributed by atoms with van der Waals surface area (Å²) in [7, 11) is 2.66. The number of carbonyl (C=O) groups excluding carboxylic acids is 2. The number of hydrogen-bond donors (Lipinski definition) is 2. The number of nitrogens with one attached hydrogen (secondary N) is 1. The Balaban J connectivity index is 4.44. The Kier molecular flexibility index (Phi) is 7.74. The summed E-state index contributed by atoms with van der Waals surface area (Å²) in [6, 6.07) is 0.189. The highest BCUT2D eigenvalue weighted by Crippen LogP contribution is 2.02. The van der Waals surface area contributed by atoms with E-state index in [4.69, 9.17) is 10.4 Å². The first-order chi connectivity index (χ1) is 9.31. The lowest BCUT2D eigenvalue weighted by Crippen LogP contribution is -2.47. The Hall–Kier alpha value is -2.30. The largest absolute Gasteiger partial charge is 0.480 e. The summed E-state index contributed by atoms with van der Waals surface area (Å²) in [5, 5.41) is 19.9. The fourth-order valence-corrected chi connectivity index (χ4v) is 1.42. The number of nitriles is 1. The number of aliphatic carboxylic acids is 1. The molecule has 0 spiro atoms. The van der Waals surface area contributed by atoms with Crippen LogP contribution in [0.3, 0.4) is 0 Å². The maximum absolute atomic E-state index is 11.7. The normalized spacial score (nSPS) is 12.7. The minimum atomic E-state index is -1.23. The Bertz CT molecular complexity index is 404. The Morgan fingerprint density at radius 3 is 2.50 bits per heavy atom. The van der Waals surface area contributed by atoms with Gasteiger partial charge in [-0.1, -0.05) is 0 Å². The average Bonchev–Trinajstić information content (AvgIpc) is 2.41. The minimum absolute atomic E-state index is 0.0601. The zero-order valence-corrected chi connectivity index (χ0v) is 11.8. The summed E-state index contributed by atoms with van der Waals surface area (Å²) < 4.78 is 4.41. The van der Waals surface area contributed by atoms with Crippen LogP contribution in [0.1, 0.15) is 19.8 Å². The predicted octanol–water partition coefficient (Wildman–Crippen LogP) is 0.194. The van der Waals surface area contributed by atoms with Crippen molar-refractivity contribution in [2.45, 2.75) is 25.8 Å². The van der Waals surface area contributed by atoms with E-state index in [2.05, 4.69) is 10.1 Å². The highest BCUT2D eigenvalue weighted by Gasteiger charge is 2.23. The first-order valence-electron chi connectivity index (χ1n) is 6.02. The average molecular weight is 285 g/mol. The molecule has 2 N–H and O–H groups in total. The summed E-state index contributed by atoms with van der Waals surface area (Å²) in [6.07, 6.45) is -0.165. The predicted molar refractivity (Wildman–Crippen MR) is 68.6 cm³/mol. The number of urea groups is 1. The van der Waals surface area contributed by atoms with Crippen LogP contribution in [-0.4, -0.2) is 54.7 Å². The van der Waals surface area contributed by atoms with E-state index in [0.717, 1.165) is 0 Å². The third-order valence-electron chi connectivity index (χ3n) is 2.58. The molecule has 0 bridgehead atoms. The molecule has 0 aliphatic heterocycles. The number of carbonyl (C=O) groups is 3. The van der Waals surface area contributed by atoms with Gasteiger partial charge in [-0.05, 0) is 13.3 Å². The Morgan fingerprint density at radius 2 is 2.05 bits per heavy atom. The maximum atomic E-state index is 11.7. The summed E-state index contributed by atoms with van der Waals surface area (Å²) in [6.45, 7) is 1.83. The standard InChI is InChI=1S/C12H19N3O5/c1-8(6-13)7-15(2)12(19)14-9(11(17)18)4-5-10(16)20-3/h8-9H,4-5,7H2,1-3H3,(H,14,19)(H,17,18)/t8?,9-/m0/s1. The van der Waals surface area contributed by atoms with E-state index in [9.17, 15) is 14.4 Å². The van der Waals surface area contributed by atoms with Crippen molar-refractivity contribution < 1.29 is 24.2 Å². The third kappa shape index (κ3) is 6.58. The van der Waals surface area contributed by atoms with Crippen molar-refractivity contribution in [1.82, 2.24) is 10.2 Å². The molecule has 0 aromatic heterocycles. The van der Waals surface area contributed by atoms with Crippen LogP contribution in [0.5, 0.6) is 0 Å². The second-order valence-corrected chi connectivity index (χ2v) is 4.37. The fraction of sp³-hybridized carbons (Fsp3) is 0.667. The van der Waals surface area contributed by atoms with Crippen molar-refractivity contribution in [3.8, 4) is 6.07 Å². The van der Waals surface area contributed by atoms with Crippen LogP contribution in [0, 0.1) is 17.2 Å². The smallest absolute Gasteiger partial charge is 0.326 e. The second-order valence-electron chi connectivity index (χ2n) is 4.37. The molecule has 112 valence electrons. The molecule has 2 atom stereocenters. The molecule has 0 saturated heterocycles. The van der Waals surface area contributed by atoms with Crippen LogP contribution in [0.4, 0.5) is 4.79 Å². The van der Waals surface area contributed by atoms with Gasteiger partial charge in [-0.2, -0.15) is 5.26 Å². The van der Waals surface area contributed by atoms with Gasteiger partial charge < -0.3 is 20.1 Å². The fourth-order valence-electron chi connectivity index (χ4n) is 1.42. The van der Waals surface area contributed by atoms with Gasteiger partial charge in [0.05, 0.1) is 19.1 Å². The molecule has 0 radical (unpaired) electrons. The van der Waals surface area contributed by atoms with Gasteiger partial charge in [-0.15, -0.1) is 0 Å². The van der Waals surface area contributed by atoms with Crippen LogP contribution in [0.2, 0.25) is 0 Å². The molecule has 8 nitrogen and oxygen atoms in total. The van der Waals surface area contributed by atoms with Crippen molar-refractivity contribution in [2.24, 2.45) is 5.92 Å². The van der Waals surface area contributed by atoms with Crippen LogP contribution < -0.4 is 5.32 Å². The third-order valence-corrected chi connectivity index (χ3v) is 2.58. The first-order valence-corrected chi connectivity index (χ1v) is 6.02. The quantitative estimate of drug-likeness (QED) is 0.644.